The summed E-state index contributed by atoms with van der Waals surface area (Å²) in [6.07, 6.45) is 3.42. The Labute approximate surface area is 136 Å². The molecule has 1 fully saturated rings. The Hall–Kier alpha value is -1.11. The number of benzene rings is 1. The molecule has 2 rings (SSSR count). The summed E-state index contributed by atoms with van der Waals surface area (Å²) in [7, 11) is -3.49. The van der Waals surface area contributed by atoms with E-state index >= 15 is 0 Å². The molecule has 0 aliphatic carbocycles. The minimum atomic E-state index is -3.49. The molecule has 1 heterocycles. The van der Waals surface area contributed by atoms with Crippen LogP contribution in [0.2, 0.25) is 5.02 Å². The summed E-state index contributed by atoms with van der Waals surface area (Å²) in [6, 6.07) is 6.84. The van der Waals surface area contributed by atoms with Crippen molar-refractivity contribution in [3.05, 3.63) is 34.9 Å². The van der Waals surface area contributed by atoms with Gasteiger partial charge in [0.05, 0.1) is 5.75 Å². The van der Waals surface area contributed by atoms with Crippen LogP contribution >= 0.6 is 11.6 Å². The molecule has 1 amide bonds. The van der Waals surface area contributed by atoms with E-state index in [1.165, 1.54) is 0 Å². The molecule has 1 aliphatic heterocycles. The van der Waals surface area contributed by atoms with Crippen LogP contribution in [0.1, 0.15) is 31.2 Å². The Morgan fingerprint density at radius 1 is 1.18 bits per heavy atom. The second kappa shape index (κ2) is 7.94. The van der Waals surface area contributed by atoms with Crippen molar-refractivity contribution in [2.75, 3.05) is 19.6 Å². The normalized spacial score (nSPS) is 15.8. The van der Waals surface area contributed by atoms with Gasteiger partial charge in [-0.25, -0.2) is 13.1 Å². The number of nitrogens with one attached hydrogen (secondary N) is 1. The molecule has 1 aromatic carbocycles. The number of carbonyl (C=O) groups is 1. The fraction of sp³-hybridized carbons (Fsp3) is 0.533. The number of rotatable bonds is 6. The zero-order valence-electron chi connectivity index (χ0n) is 12.4. The largest absolute Gasteiger partial charge is 0.343 e. The van der Waals surface area contributed by atoms with Crippen LogP contribution in [0, 0.1) is 0 Å². The molecule has 22 heavy (non-hydrogen) atoms. The van der Waals surface area contributed by atoms with Gasteiger partial charge in [0, 0.05) is 31.1 Å². The molecule has 1 N–H and O–H groups in total. The highest BCUT2D eigenvalue weighted by Gasteiger charge is 2.18. The van der Waals surface area contributed by atoms with Crippen molar-refractivity contribution in [3.8, 4) is 0 Å². The molecule has 0 aromatic heterocycles. The topological polar surface area (TPSA) is 66.5 Å². The molecule has 0 radical (unpaired) electrons. The lowest BCUT2D eigenvalue weighted by molar-refractivity contribution is -0.131. The molecule has 1 aromatic rings. The smallest absolute Gasteiger partial charge is 0.223 e. The SMILES string of the molecule is O=C(CCNS(=O)(=O)Cc1ccccc1Cl)N1CCCCC1. The minimum Gasteiger partial charge on any atom is -0.343 e. The number of likely N-dealkylation sites (tertiary alicyclic amines) is 1. The molecule has 7 heteroatoms. The molecule has 0 spiro atoms. The van der Waals surface area contributed by atoms with Crippen LogP contribution in [0.15, 0.2) is 24.3 Å². The van der Waals surface area contributed by atoms with Crippen molar-refractivity contribution in [3.63, 3.8) is 0 Å². The first-order valence-electron chi connectivity index (χ1n) is 7.46. The monoisotopic (exact) mass is 344 g/mol. The number of piperidine rings is 1. The third-order valence-corrected chi connectivity index (χ3v) is 5.38. The van der Waals surface area contributed by atoms with Gasteiger partial charge in [-0.3, -0.25) is 4.79 Å². The van der Waals surface area contributed by atoms with Crippen molar-refractivity contribution >= 4 is 27.5 Å². The van der Waals surface area contributed by atoms with Gasteiger partial charge in [-0.2, -0.15) is 0 Å². The Bertz CT molecular complexity index is 613. The Morgan fingerprint density at radius 3 is 2.55 bits per heavy atom. The van der Waals surface area contributed by atoms with Crippen LogP contribution in [-0.2, 0) is 20.6 Å². The number of hydrogen-bond donors (Lipinski definition) is 1. The molecule has 0 unspecified atom stereocenters. The van der Waals surface area contributed by atoms with Crippen LogP contribution < -0.4 is 4.72 Å². The van der Waals surface area contributed by atoms with E-state index in [1.807, 2.05) is 4.90 Å². The van der Waals surface area contributed by atoms with E-state index < -0.39 is 10.0 Å². The van der Waals surface area contributed by atoms with Gasteiger partial charge in [-0.1, -0.05) is 29.8 Å². The van der Waals surface area contributed by atoms with Gasteiger partial charge in [-0.05, 0) is 30.9 Å². The van der Waals surface area contributed by atoms with E-state index in [0.29, 0.717) is 10.6 Å². The van der Waals surface area contributed by atoms with Gasteiger partial charge in [-0.15, -0.1) is 0 Å². The number of halogens is 1. The minimum absolute atomic E-state index is 0.0140. The summed E-state index contributed by atoms with van der Waals surface area (Å²) in [5.74, 6) is -0.162. The Morgan fingerprint density at radius 2 is 1.86 bits per heavy atom. The maximum atomic E-state index is 12.0. The fourth-order valence-electron chi connectivity index (χ4n) is 2.49. The van der Waals surface area contributed by atoms with Crippen LogP contribution in [-0.4, -0.2) is 38.9 Å². The van der Waals surface area contributed by atoms with E-state index in [0.717, 1.165) is 32.4 Å². The van der Waals surface area contributed by atoms with E-state index in [2.05, 4.69) is 4.72 Å². The van der Waals surface area contributed by atoms with Gasteiger partial charge in [0.2, 0.25) is 15.9 Å². The number of sulfonamides is 1. The third-order valence-electron chi connectivity index (χ3n) is 3.67. The van der Waals surface area contributed by atoms with Crippen molar-refractivity contribution in [1.29, 1.82) is 0 Å². The van der Waals surface area contributed by atoms with Gasteiger partial charge in [0.15, 0.2) is 0 Å². The van der Waals surface area contributed by atoms with Crippen LogP contribution in [0.25, 0.3) is 0 Å². The predicted octanol–water partition coefficient (Wildman–Crippen LogP) is 2.16. The zero-order chi connectivity index (χ0) is 16.0. The first-order chi connectivity index (χ1) is 10.5. The summed E-state index contributed by atoms with van der Waals surface area (Å²) in [6.45, 7) is 1.69. The molecule has 0 bridgehead atoms. The molecule has 1 aliphatic rings. The predicted molar refractivity (Wildman–Crippen MR) is 87.1 cm³/mol. The van der Waals surface area contributed by atoms with E-state index in [4.69, 9.17) is 11.6 Å². The van der Waals surface area contributed by atoms with Gasteiger partial charge in [0.1, 0.15) is 0 Å². The van der Waals surface area contributed by atoms with Crippen LogP contribution in [0.3, 0.4) is 0 Å². The third kappa shape index (κ3) is 5.26. The molecular weight excluding hydrogens is 324 g/mol. The lowest BCUT2D eigenvalue weighted by Crippen LogP contribution is -2.38. The summed E-state index contributed by atoms with van der Waals surface area (Å²) in [4.78, 5) is 13.8. The number of amides is 1. The summed E-state index contributed by atoms with van der Waals surface area (Å²) < 4.78 is 26.5. The van der Waals surface area contributed by atoms with Crippen molar-refractivity contribution < 1.29 is 13.2 Å². The van der Waals surface area contributed by atoms with Crippen molar-refractivity contribution in [2.45, 2.75) is 31.4 Å². The van der Waals surface area contributed by atoms with Gasteiger partial charge < -0.3 is 4.90 Å². The molecule has 5 nitrogen and oxygen atoms in total. The first kappa shape index (κ1) is 17.2. The first-order valence-corrected chi connectivity index (χ1v) is 9.49. The molecule has 122 valence electrons. The maximum absolute atomic E-state index is 12.0. The molecule has 0 saturated carbocycles. The van der Waals surface area contributed by atoms with E-state index in [-0.39, 0.29) is 24.6 Å². The Balaban J connectivity index is 1.80. The van der Waals surface area contributed by atoms with Crippen LogP contribution in [0.5, 0.6) is 0 Å². The van der Waals surface area contributed by atoms with Gasteiger partial charge in [0.25, 0.3) is 0 Å². The second-order valence-corrected chi connectivity index (χ2v) is 7.65. The number of hydrogen-bond acceptors (Lipinski definition) is 3. The Kier molecular flexibility index (Phi) is 6.23. The van der Waals surface area contributed by atoms with Crippen molar-refractivity contribution in [1.82, 2.24) is 9.62 Å². The lowest BCUT2D eigenvalue weighted by atomic mass is 10.1. The van der Waals surface area contributed by atoms with Crippen LogP contribution in [0.4, 0.5) is 0 Å². The number of nitrogens with zero attached hydrogens (tertiary/aromatic N) is 1. The molecule has 1 saturated heterocycles. The standard InChI is InChI=1S/C15H21ClN2O3S/c16-14-7-3-2-6-13(14)12-22(20,21)17-9-8-15(19)18-10-4-1-5-11-18/h2-3,6-7,17H,1,4-5,8-12H2. The highest BCUT2D eigenvalue weighted by molar-refractivity contribution is 7.88. The van der Waals surface area contributed by atoms with Gasteiger partial charge >= 0.3 is 0 Å². The average Bonchev–Trinajstić information content (AvgIpc) is 2.50. The summed E-state index contributed by atoms with van der Waals surface area (Å²) in [5.41, 5.74) is 0.555. The van der Waals surface area contributed by atoms with E-state index in [1.54, 1.807) is 24.3 Å². The maximum Gasteiger partial charge on any atom is 0.223 e. The zero-order valence-corrected chi connectivity index (χ0v) is 14.0. The second-order valence-electron chi connectivity index (χ2n) is 5.44. The molecule has 0 atom stereocenters. The average molecular weight is 345 g/mol. The van der Waals surface area contributed by atoms with Crippen molar-refractivity contribution in [2.24, 2.45) is 0 Å². The highest BCUT2D eigenvalue weighted by Crippen LogP contribution is 2.17. The fourth-order valence-corrected chi connectivity index (χ4v) is 3.94. The quantitative estimate of drug-likeness (QED) is 0.860. The summed E-state index contributed by atoms with van der Waals surface area (Å²) in [5, 5.41) is 0.428. The summed E-state index contributed by atoms with van der Waals surface area (Å²) >= 11 is 5.96. The van der Waals surface area contributed by atoms with E-state index in [9.17, 15) is 13.2 Å². The number of carbonyl (C=O) groups excluding carboxylic acids is 1. The lowest BCUT2D eigenvalue weighted by Gasteiger charge is -2.26. The molecular formula is C15H21ClN2O3S. The highest BCUT2D eigenvalue weighted by atomic mass is 35.5.